The molecule has 0 spiro atoms. The predicted molar refractivity (Wildman–Crippen MR) is 92.2 cm³/mol. The van der Waals surface area contributed by atoms with Crippen molar-refractivity contribution in [3.05, 3.63) is 65.8 Å². The van der Waals surface area contributed by atoms with Crippen LogP contribution in [0.2, 0.25) is 5.02 Å². The van der Waals surface area contributed by atoms with Gasteiger partial charge >= 0.3 is 0 Å². The summed E-state index contributed by atoms with van der Waals surface area (Å²) in [7, 11) is 0. The van der Waals surface area contributed by atoms with E-state index in [1.807, 2.05) is 48.7 Å². The number of hydrogen-bond donors (Lipinski definition) is 0. The van der Waals surface area contributed by atoms with E-state index in [9.17, 15) is 0 Å². The van der Waals surface area contributed by atoms with Gasteiger partial charge in [-0.1, -0.05) is 35.9 Å². The van der Waals surface area contributed by atoms with Gasteiger partial charge in [0.25, 0.3) is 0 Å². The summed E-state index contributed by atoms with van der Waals surface area (Å²) in [5.41, 5.74) is 2.89. The van der Waals surface area contributed by atoms with Crippen molar-refractivity contribution < 1.29 is 9.47 Å². The minimum absolute atomic E-state index is 0.318. The maximum atomic E-state index is 5.91. The fraction of sp³-hybridized carbons (Fsp3) is 0.316. The molecule has 2 heterocycles. The highest BCUT2D eigenvalue weighted by Crippen LogP contribution is 2.28. The molecular formula is C19H20ClNO2. The monoisotopic (exact) mass is 329 g/mol. The molecule has 1 aliphatic heterocycles. The van der Waals surface area contributed by atoms with Gasteiger partial charge < -0.3 is 9.47 Å². The lowest BCUT2D eigenvalue weighted by molar-refractivity contribution is -0.205. The van der Waals surface area contributed by atoms with Crippen LogP contribution in [0.4, 0.5) is 0 Å². The van der Waals surface area contributed by atoms with Gasteiger partial charge in [0.1, 0.15) is 0 Å². The van der Waals surface area contributed by atoms with Crippen molar-refractivity contribution in [1.82, 2.24) is 4.98 Å². The third kappa shape index (κ3) is 4.20. The zero-order valence-corrected chi connectivity index (χ0v) is 13.7. The molecule has 3 nitrogen and oxygen atoms in total. The van der Waals surface area contributed by atoms with Gasteiger partial charge in [-0.05, 0) is 31.0 Å². The van der Waals surface area contributed by atoms with Crippen molar-refractivity contribution >= 4 is 11.6 Å². The number of hydrogen-bond acceptors (Lipinski definition) is 3. The molecule has 2 aromatic rings. The number of allylic oxidation sites excluding steroid dienone is 1. The van der Waals surface area contributed by atoms with E-state index in [1.54, 1.807) is 0 Å². The molecule has 0 amide bonds. The molecule has 1 fully saturated rings. The van der Waals surface area contributed by atoms with Crippen LogP contribution in [0.25, 0.3) is 11.3 Å². The number of aromatic nitrogens is 1. The maximum Gasteiger partial charge on any atom is 0.185 e. The summed E-state index contributed by atoms with van der Waals surface area (Å²) in [5.74, 6) is 0.450. The second-order valence-electron chi connectivity index (χ2n) is 5.71. The number of nitrogens with zero attached hydrogens (tertiary/aromatic N) is 1. The molecule has 120 valence electrons. The molecule has 0 unspecified atom stereocenters. The Morgan fingerprint density at radius 2 is 1.87 bits per heavy atom. The summed E-state index contributed by atoms with van der Waals surface area (Å²) < 4.78 is 11.6. The van der Waals surface area contributed by atoms with Crippen LogP contribution in [0.1, 0.15) is 24.7 Å². The van der Waals surface area contributed by atoms with E-state index in [0.29, 0.717) is 5.92 Å². The lowest BCUT2D eigenvalue weighted by Crippen LogP contribution is -2.27. The predicted octanol–water partition coefficient (Wildman–Crippen LogP) is 5.03. The Bertz CT molecular complexity index is 631. The van der Waals surface area contributed by atoms with Crippen molar-refractivity contribution in [2.45, 2.75) is 19.1 Å². The first-order chi connectivity index (χ1) is 11.3. The molecule has 0 saturated carbocycles. The lowest BCUT2D eigenvalue weighted by Gasteiger charge is -2.29. The number of halogens is 1. The normalized spacial score (nSPS) is 21.1. The van der Waals surface area contributed by atoms with Gasteiger partial charge in [-0.25, -0.2) is 0 Å². The molecule has 1 aliphatic rings. The second-order valence-corrected chi connectivity index (χ2v) is 6.15. The Morgan fingerprint density at radius 3 is 2.48 bits per heavy atom. The highest BCUT2D eigenvalue weighted by atomic mass is 35.5. The van der Waals surface area contributed by atoms with E-state index in [1.165, 1.54) is 0 Å². The molecule has 23 heavy (non-hydrogen) atoms. The summed E-state index contributed by atoms with van der Waals surface area (Å²) in [6, 6.07) is 11.6. The molecule has 0 N–H and O–H groups in total. The van der Waals surface area contributed by atoms with Crippen LogP contribution in [0.5, 0.6) is 0 Å². The molecule has 0 bridgehead atoms. The summed E-state index contributed by atoms with van der Waals surface area (Å²) in [4.78, 5) is 4.51. The Hall–Kier alpha value is -1.68. The van der Waals surface area contributed by atoms with Crippen LogP contribution in [0, 0.1) is 5.92 Å². The summed E-state index contributed by atoms with van der Waals surface area (Å²) in [5, 5.41) is 0.723. The largest absolute Gasteiger partial charge is 0.348 e. The second kappa shape index (κ2) is 7.73. The first kappa shape index (κ1) is 16.2. The van der Waals surface area contributed by atoms with E-state index in [4.69, 9.17) is 21.1 Å². The van der Waals surface area contributed by atoms with Crippen molar-refractivity contribution in [1.29, 1.82) is 0 Å². The summed E-state index contributed by atoms with van der Waals surface area (Å²) in [6.45, 7) is 5.19. The van der Waals surface area contributed by atoms with Gasteiger partial charge in [0, 0.05) is 28.3 Å². The zero-order chi connectivity index (χ0) is 16.1. The van der Waals surface area contributed by atoms with Crippen LogP contribution in [0.3, 0.4) is 0 Å². The minimum atomic E-state index is -0.318. The van der Waals surface area contributed by atoms with E-state index >= 15 is 0 Å². The third-order valence-corrected chi connectivity index (χ3v) is 4.20. The van der Waals surface area contributed by atoms with Gasteiger partial charge in [-0.15, -0.1) is 6.58 Å². The highest BCUT2D eigenvalue weighted by molar-refractivity contribution is 6.30. The molecule has 4 heteroatoms. The van der Waals surface area contributed by atoms with Crippen LogP contribution in [-0.2, 0) is 9.47 Å². The van der Waals surface area contributed by atoms with Crippen molar-refractivity contribution in [3.8, 4) is 11.3 Å². The molecule has 1 saturated heterocycles. The van der Waals surface area contributed by atoms with E-state index in [2.05, 4.69) is 11.6 Å². The van der Waals surface area contributed by atoms with Gasteiger partial charge in [-0.2, -0.15) is 0 Å². The summed E-state index contributed by atoms with van der Waals surface area (Å²) in [6.07, 6.45) is 5.50. The van der Waals surface area contributed by atoms with Gasteiger partial charge in [0.15, 0.2) is 6.29 Å². The maximum absolute atomic E-state index is 5.91. The van der Waals surface area contributed by atoms with Gasteiger partial charge in [0.2, 0.25) is 0 Å². The van der Waals surface area contributed by atoms with Crippen molar-refractivity contribution in [3.63, 3.8) is 0 Å². The SMILES string of the molecule is C=CCC[C@H]1CO[C@H](c2ccc(-c3ccc(Cl)cc3)nc2)OC1. The average Bonchev–Trinajstić information content (AvgIpc) is 2.61. The molecule has 1 aromatic heterocycles. The zero-order valence-electron chi connectivity index (χ0n) is 13.0. The van der Waals surface area contributed by atoms with E-state index in [-0.39, 0.29) is 6.29 Å². The minimum Gasteiger partial charge on any atom is -0.348 e. The molecule has 0 atom stereocenters. The smallest absolute Gasteiger partial charge is 0.185 e. The van der Waals surface area contributed by atoms with Crippen LogP contribution < -0.4 is 0 Å². The first-order valence-corrected chi connectivity index (χ1v) is 8.20. The Kier molecular flexibility index (Phi) is 5.44. The van der Waals surface area contributed by atoms with Crippen LogP contribution >= 0.6 is 11.6 Å². The number of rotatable bonds is 5. The quantitative estimate of drug-likeness (QED) is 0.721. The molecule has 3 rings (SSSR count). The van der Waals surface area contributed by atoms with Crippen molar-refractivity contribution in [2.75, 3.05) is 13.2 Å². The lowest BCUT2D eigenvalue weighted by atomic mass is 10.0. The Balaban J connectivity index is 1.62. The Morgan fingerprint density at radius 1 is 1.13 bits per heavy atom. The van der Waals surface area contributed by atoms with Crippen molar-refractivity contribution in [2.24, 2.45) is 5.92 Å². The van der Waals surface area contributed by atoms with Gasteiger partial charge in [0.05, 0.1) is 18.9 Å². The molecule has 1 aromatic carbocycles. The fourth-order valence-corrected chi connectivity index (χ4v) is 2.72. The topological polar surface area (TPSA) is 31.4 Å². The molecule has 0 radical (unpaired) electrons. The average molecular weight is 330 g/mol. The number of ether oxygens (including phenoxy) is 2. The Labute approximate surface area is 141 Å². The number of pyridine rings is 1. The number of benzene rings is 1. The van der Waals surface area contributed by atoms with E-state index in [0.717, 1.165) is 47.9 Å². The van der Waals surface area contributed by atoms with Gasteiger partial charge in [-0.3, -0.25) is 4.98 Å². The fourth-order valence-electron chi connectivity index (χ4n) is 2.59. The summed E-state index contributed by atoms with van der Waals surface area (Å²) >= 11 is 5.91. The van der Waals surface area contributed by atoms with Crippen LogP contribution in [0.15, 0.2) is 55.3 Å². The van der Waals surface area contributed by atoms with E-state index < -0.39 is 0 Å². The first-order valence-electron chi connectivity index (χ1n) is 7.82. The third-order valence-electron chi connectivity index (χ3n) is 3.94. The highest BCUT2D eigenvalue weighted by Gasteiger charge is 2.23. The molecule has 0 aliphatic carbocycles. The standard InChI is InChI=1S/C19H20ClNO2/c1-2-3-4-14-12-22-19(23-13-14)16-7-10-18(21-11-16)15-5-8-17(20)9-6-15/h2,5-11,14,19H,1,3-4,12-13H2/t14-,19-. The van der Waals surface area contributed by atoms with Crippen LogP contribution in [-0.4, -0.2) is 18.2 Å². The molecular weight excluding hydrogens is 310 g/mol.